The number of aryl methyl sites for hydroxylation is 4. The van der Waals surface area contributed by atoms with Gasteiger partial charge in [-0.15, -0.1) is 11.3 Å². The predicted molar refractivity (Wildman–Crippen MR) is 86.3 cm³/mol. The van der Waals surface area contributed by atoms with Crippen LogP contribution in [0.4, 0.5) is 0 Å². The third kappa shape index (κ3) is 3.70. The molecule has 0 amide bonds. The minimum atomic E-state index is 0.723. The van der Waals surface area contributed by atoms with Crippen LogP contribution in [0.25, 0.3) is 0 Å². The Hall–Kier alpha value is -1.08. The van der Waals surface area contributed by atoms with Crippen LogP contribution >= 0.6 is 11.3 Å². The molecule has 0 aliphatic heterocycles. The maximum atomic E-state index is 2.36. The molecular formula is C18H24S. The summed E-state index contributed by atoms with van der Waals surface area (Å²) in [7, 11) is 0. The SMILES string of the molecule is CCC(CCc1ccc(C)c(C)c1)c1cc(C)cs1. The lowest BCUT2D eigenvalue weighted by molar-refractivity contribution is 0.615. The maximum absolute atomic E-state index is 2.36. The Balaban J connectivity index is 2.01. The van der Waals surface area contributed by atoms with Crippen LogP contribution in [-0.2, 0) is 6.42 Å². The fourth-order valence-electron chi connectivity index (χ4n) is 2.51. The van der Waals surface area contributed by atoms with Gasteiger partial charge >= 0.3 is 0 Å². The van der Waals surface area contributed by atoms with Crippen molar-refractivity contribution in [2.75, 3.05) is 0 Å². The molecular weight excluding hydrogens is 248 g/mol. The van der Waals surface area contributed by atoms with Crippen molar-refractivity contribution in [3.8, 4) is 0 Å². The molecule has 0 saturated carbocycles. The third-order valence-electron chi connectivity index (χ3n) is 4.00. The van der Waals surface area contributed by atoms with Gasteiger partial charge in [0.05, 0.1) is 0 Å². The van der Waals surface area contributed by atoms with E-state index in [9.17, 15) is 0 Å². The molecule has 0 fully saturated rings. The number of rotatable bonds is 5. The Morgan fingerprint density at radius 2 is 1.84 bits per heavy atom. The molecule has 1 heterocycles. The van der Waals surface area contributed by atoms with Crippen molar-refractivity contribution in [3.05, 3.63) is 56.8 Å². The minimum absolute atomic E-state index is 0.723. The summed E-state index contributed by atoms with van der Waals surface area (Å²) in [5.74, 6) is 0.723. The molecule has 0 aliphatic rings. The summed E-state index contributed by atoms with van der Waals surface area (Å²) < 4.78 is 0. The van der Waals surface area contributed by atoms with Gasteiger partial charge in [0.1, 0.15) is 0 Å². The van der Waals surface area contributed by atoms with E-state index in [0.29, 0.717) is 0 Å². The summed E-state index contributed by atoms with van der Waals surface area (Å²) >= 11 is 1.92. The summed E-state index contributed by atoms with van der Waals surface area (Å²) in [5.41, 5.74) is 5.70. The van der Waals surface area contributed by atoms with Crippen LogP contribution in [-0.4, -0.2) is 0 Å². The van der Waals surface area contributed by atoms with Gasteiger partial charge in [-0.2, -0.15) is 0 Å². The van der Waals surface area contributed by atoms with Gasteiger partial charge in [0, 0.05) is 4.88 Å². The smallest absolute Gasteiger partial charge is 0.00789 e. The van der Waals surface area contributed by atoms with E-state index < -0.39 is 0 Å². The topological polar surface area (TPSA) is 0 Å². The van der Waals surface area contributed by atoms with Gasteiger partial charge in [-0.25, -0.2) is 0 Å². The quantitative estimate of drug-likeness (QED) is 0.645. The molecule has 0 saturated heterocycles. The van der Waals surface area contributed by atoms with Crippen LogP contribution in [0.5, 0.6) is 0 Å². The normalized spacial score (nSPS) is 12.6. The summed E-state index contributed by atoms with van der Waals surface area (Å²) in [6.07, 6.45) is 3.69. The van der Waals surface area contributed by atoms with Gasteiger partial charge in [-0.1, -0.05) is 25.1 Å². The van der Waals surface area contributed by atoms with E-state index in [4.69, 9.17) is 0 Å². The maximum Gasteiger partial charge on any atom is 0.00789 e. The van der Waals surface area contributed by atoms with Crippen molar-refractivity contribution in [1.29, 1.82) is 0 Å². The van der Waals surface area contributed by atoms with Crippen LogP contribution in [0.1, 0.15) is 52.8 Å². The van der Waals surface area contributed by atoms with Crippen molar-refractivity contribution >= 4 is 11.3 Å². The van der Waals surface area contributed by atoms with Crippen molar-refractivity contribution in [2.24, 2.45) is 0 Å². The lowest BCUT2D eigenvalue weighted by Crippen LogP contribution is -1.98. The lowest BCUT2D eigenvalue weighted by atomic mass is 9.94. The molecule has 1 aromatic heterocycles. The fraction of sp³-hybridized carbons (Fsp3) is 0.444. The number of hydrogen-bond acceptors (Lipinski definition) is 1. The summed E-state index contributed by atoms with van der Waals surface area (Å²) in [6, 6.07) is 9.25. The van der Waals surface area contributed by atoms with Crippen LogP contribution in [0.3, 0.4) is 0 Å². The third-order valence-corrected chi connectivity index (χ3v) is 5.21. The number of thiophene rings is 1. The summed E-state index contributed by atoms with van der Waals surface area (Å²) in [4.78, 5) is 1.56. The molecule has 1 aromatic carbocycles. The van der Waals surface area contributed by atoms with Crippen LogP contribution in [0, 0.1) is 20.8 Å². The monoisotopic (exact) mass is 272 g/mol. The first-order valence-electron chi connectivity index (χ1n) is 7.21. The highest BCUT2D eigenvalue weighted by molar-refractivity contribution is 7.10. The Kier molecular flexibility index (Phi) is 4.81. The van der Waals surface area contributed by atoms with Gasteiger partial charge in [-0.05, 0) is 79.7 Å². The van der Waals surface area contributed by atoms with E-state index in [1.54, 1.807) is 4.88 Å². The molecule has 0 spiro atoms. The van der Waals surface area contributed by atoms with Gasteiger partial charge in [0.2, 0.25) is 0 Å². The minimum Gasteiger partial charge on any atom is -0.148 e. The molecule has 0 N–H and O–H groups in total. The van der Waals surface area contributed by atoms with Crippen molar-refractivity contribution in [2.45, 2.75) is 52.9 Å². The first-order chi connectivity index (χ1) is 9.10. The predicted octanol–water partition coefficient (Wildman–Crippen LogP) is 5.80. The second-order valence-electron chi connectivity index (χ2n) is 5.59. The average Bonchev–Trinajstić information content (AvgIpc) is 2.81. The highest BCUT2D eigenvalue weighted by Gasteiger charge is 2.11. The van der Waals surface area contributed by atoms with E-state index in [2.05, 4.69) is 57.3 Å². The first kappa shape index (κ1) is 14.3. The molecule has 19 heavy (non-hydrogen) atoms. The second kappa shape index (κ2) is 6.38. The summed E-state index contributed by atoms with van der Waals surface area (Å²) in [6.45, 7) is 8.89. The molecule has 1 unspecified atom stereocenters. The Morgan fingerprint density at radius 1 is 1.05 bits per heavy atom. The average molecular weight is 272 g/mol. The zero-order valence-electron chi connectivity index (χ0n) is 12.5. The molecule has 0 aliphatic carbocycles. The largest absolute Gasteiger partial charge is 0.148 e. The van der Waals surface area contributed by atoms with E-state index in [-0.39, 0.29) is 0 Å². The van der Waals surface area contributed by atoms with Gasteiger partial charge in [0.25, 0.3) is 0 Å². The highest BCUT2D eigenvalue weighted by atomic mass is 32.1. The second-order valence-corrected chi connectivity index (χ2v) is 6.53. The van der Waals surface area contributed by atoms with E-state index in [0.717, 1.165) is 5.92 Å². The lowest BCUT2D eigenvalue weighted by Gasteiger charge is -2.13. The molecule has 2 rings (SSSR count). The van der Waals surface area contributed by atoms with Gasteiger partial charge in [0.15, 0.2) is 0 Å². The first-order valence-corrected chi connectivity index (χ1v) is 8.09. The fourth-order valence-corrected chi connectivity index (χ4v) is 3.64. The van der Waals surface area contributed by atoms with Gasteiger partial charge in [-0.3, -0.25) is 0 Å². The number of hydrogen-bond donors (Lipinski definition) is 0. The zero-order valence-corrected chi connectivity index (χ0v) is 13.3. The zero-order chi connectivity index (χ0) is 13.8. The molecule has 102 valence electrons. The van der Waals surface area contributed by atoms with Crippen LogP contribution < -0.4 is 0 Å². The van der Waals surface area contributed by atoms with E-state index >= 15 is 0 Å². The molecule has 1 atom stereocenters. The number of benzene rings is 1. The molecule has 0 nitrogen and oxygen atoms in total. The van der Waals surface area contributed by atoms with E-state index in [1.807, 2.05) is 11.3 Å². The van der Waals surface area contributed by atoms with Gasteiger partial charge < -0.3 is 0 Å². The molecule has 0 bridgehead atoms. The Labute approximate surface area is 121 Å². The van der Waals surface area contributed by atoms with Crippen molar-refractivity contribution < 1.29 is 0 Å². The molecule has 1 heteroatoms. The van der Waals surface area contributed by atoms with E-state index in [1.165, 1.54) is 41.5 Å². The summed E-state index contributed by atoms with van der Waals surface area (Å²) in [5, 5.41) is 2.27. The van der Waals surface area contributed by atoms with Crippen molar-refractivity contribution in [1.82, 2.24) is 0 Å². The molecule has 0 radical (unpaired) electrons. The van der Waals surface area contributed by atoms with Crippen molar-refractivity contribution in [3.63, 3.8) is 0 Å². The Bertz CT molecular complexity index is 536. The van der Waals surface area contributed by atoms with Crippen LogP contribution in [0.2, 0.25) is 0 Å². The highest BCUT2D eigenvalue weighted by Crippen LogP contribution is 2.30. The van der Waals surface area contributed by atoms with Crippen LogP contribution in [0.15, 0.2) is 29.6 Å². The molecule has 2 aromatic rings. The standard InChI is InChI=1S/C18H24S/c1-5-17(18-10-13(2)12-19-18)9-8-16-7-6-14(3)15(4)11-16/h6-7,10-12,17H,5,8-9H2,1-4H3. The Morgan fingerprint density at radius 3 is 2.42 bits per heavy atom.